The summed E-state index contributed by atoms with van der Waals surface area (Å²) in [7, 11) is 0. The van der Waals surface area contributed by atoms with Crippen LogP contribution in [0, 0.1) is 0 Å². The lowest BCUT2D eigenvalue weighted by atomic mass is 9.91. The van der Waals surface area contributed by atoms with Crippen LogP contribution in [0.15, 0.2) is 192 Å². The van der Waals surface area contributed by atoms with Gasteiger partial charge in [0.15, 0.2) is 17.5 Å². The highest BCUT2D eigenvalue weighted by Crippen LogP contribution is 2.48. The van der Waals surface area contributed by atoms with Crippen molar-refractivity contribution in [3.63, 3.8) is 0 Å². The molecular formula is C51H31N3OS. The first kappa shape index (κ1) is 32.2. The Morgan fingerprint density at radius 2 is 0.821 bits per heavy atom. The predicted octanol–water partition coefficient (Wildman–Crippen LogP) is 14.1. The van der Waals surface area contributed by atoms with Gasteiger partial charge in [-0.2, -0.15) is 0 Å². The zero-order chi connectivity index (χ0) is 37.0. The normalized spacial score (nSPS) is 11.6. The van der Waals surface area contributed by atoms with Crippen molar-refractivity contribution in [3.05, 3.63) is 188 Å². The molecule has 0 spiro atoms. The van der Waals surface area contributed by atoms with E-state index in [1.807, 2.05) is 78.1 Å². The molecule has 0 aliphatic rings. The van der Waals surface area contributed by atoms with Crippen LogP contribution in [0.2, 0.25) is 0 Å². The van der Waals surface area contributed by atoms with Crippen LogP contribution in [0.1, 0.15) is 0 Å². The second-order valence-corrected chi connectivity index (χ2v) is 15.0. The Morgan fingerprint density at radius 3 is 1.50 bits per heavy atom. The third-order valence-corrected chi connectivity index (χ3v) is 11.7. The molecule has 56 heavy (non-hydrogen) atoms. The predicted molar refractivity (Wildman–Crippen MR) is 233 cm³/mol. The molecule has 0 bridgehead atoms. The zero-order valence-electron chi connectivity index (χ0n) is 30.1. The number of furan rings is 1. The summed E-state index contributed by atoms with van der Waals surface area (Å²) in [5.41, 5.74) is 11.3. The van der Waals surface area contributed by atoms with Crippen molar-refractivity contribution < 1.29 is 4.42 Å². The van der Waals surface area contributed by atoms with Gasteiger partial charge in [-0.05, 0) is 58.1 Å². The van der Waals surface area contributed by atoms with Crippen LogP contribution in [0.4, 0.5) is 0 Å². The topological polar surface area (TPSA) is 51.8 Å². The number of thiophene rings is 1. The van der Waals surface area contributed by atoms with Gasteiger partial charge in [-0.3, -0.25) is 0 Å². The van der Waals surface area contributed by atoms with Crippen LogP contribution in [0.25, 0.3) is 110 Å². The molecule has 0 amide bonds. The quantitative estimate of drug-likeness (QED) is 0.171. The Bertz CT molecular complexity index is 3180. The summed E-state index contributed by atoms with van der Waals surface area (Å²) in [6.45, 7) is 0. The van der Waals surface area contributed by atoms with Gasteiger partial charge in [-0.15, -0.1) is 11.3 Å². The summed E-state index contributed by atoms with van der Waals surface area (Å²) in [5.74, 6) is 1.89. The van der Waals surface area contributed by atoms with Crippen molar-refractivity contribution in [2.24, 2.45) is 0 Å². The summed E-state index contributed by atoms with van der Waals surface area (Å²) in [6.07, 6.45) is 0. The third-order valence-electron chi connectivity index (χ3n) is 10.6. The van der Waals surface area contributed by atoms with E-state index < -0.39 is 0 Å². The number of para-hydroxylation sites is 1. The van der Waals surface area contributed by atoms with Crippen LogP contribution in [0.3, 0.4) is 0 Å². The average Bonchev–Trinajstić information content (AvgIpc) is 3.86. The molecule has 3 aromatic heterocycles. The molecule has 0 radical (unpaired) electrons. The molecule has 11 rings (SSSR count). The zero-order valence-corrected chi connectivity index (χ0v) is 30.9. The first-order chi connectivity index (χ1) is 27.8. The van der Waals surface area contributed by atoms with Gasteiger partial charge in [0, 0.05) is 53.2 Å². The molecule has 0 aliphatic heterocycles. The molecule has 0 atom stereocenters. The molecule has 262 valence electrons. The van der Waals surface area contributed by atoms with Crippen molar-refractivity contribution in [2.75, 3.05) is 0 Å². The third kappa shape index (κ3) is 5.40. The minimum Gasteiger partial charge on any atom is -0.455 e. The number of hydrogen-bond donors (Lipinski definition) is 0. The van der Waals surface area contributed by atoms with Crippen molar-refractivity contribution >= 4 is 53.4 Å². The largest absolute Gasteiger partial charge is 0.455 e. The van der Waals surface area contributed by atoms with Crippen molar-refractivity contribution in [1.29, 1.82) is 0 Å². The summed E-state index contributed by atoms with van der Waals surface area (Å²) in [4.78, 5) is 15.0. The molecule has 0 unspecified atom stereocenters. The van der Waals surface area contributed by atoms with Gasteiger partial charge in [0.05, 0.1) is 0 Å². The maximum absolute atomic E-state index is 6.87. The molecule has 8 aromatic carbocycles. The lowest BCUT2D eigenvalue weighted by molar-refractivity contribution is 0.670. The number of benzene rings is 8. The fourth-order valence-corrected chi connectivity index (χ4v) is 9.15. The smallest absolute Gasteiger partial charge is 0.164 e. The highest BCUT2D eigenvalue weighted by atomic mass is 32.1. The van der Waals surface area contributed by atoms with E-state index in [1.54, 1.807) is 0 Å². The van der Waals surface area contributed by atoms with Crippen molar-refractivity contribution in [2.45, 2.75) is 0 Å². The van der Waals surface area contributed by atoms with Crippen LogP contribution in [-0.2, 0) is 0 Å². The standard InChI is InChI=1S/C51H31N3OS/c1-4-15-32(16-5-1)37-24-13-27-43-46(37)47-39(25-14-28-44(47)56-43)40-30-29-38(45-41-23-10-11-26-42(41)55-48(40)45)35-21-12-22-36(31-35)51-53-49(33-17-6-2-7-18-33)52-50(54-51)34-19-8-3-9-20-34/h1-31H. The number of hydrogen-bond acceptors (Lipinski definition) is 5. The summed E-state index contributed by atoms with van der Waals surface area (Å²) in [5, 5.41) is 4.69. The second-order valence-electron chi connectivity index (χ2n) is 13.9. The first-order valence-corrected chi connectivity index (χ1v) is 19.5. The molecule has 0 aliphatic carbocycles. The fourth-order valence-electron chi connectivity index (χ4n) is 7.99. The Labute approximate surface area is 327 Å². The number of aromatic nitrogens is 3. The summed E-state index contributed by atoms with van der Waals surface area (Å²) >= 11 is 1.84. The van der Waals surface area contributed by atoms with E-state index in [1.165, 1.54) is 31.3 Å². The van der Waals surface area contributed by atoms with E-state index >= 15 is 0 Å². The second kappa shape index (κ2) is 13.3. The van der Waals surface area contributed by atoms with E-state index in [0.717, 1.165) is 60.9 Å². The molecule has 0 N–H and O–H groups in total. The lowest BCUT2D eigenvalue weighted by Crippen LogP contribution is -2.00. The fraction of sp³-hybridized carbons (Fsp3) is 0. The summed E-state index contributed by atoms with van der Waals surface area (Å²) in [6, 6.07) is 65.5. The van der Waals surface area contributed by atoms with Crippen LogP contribution >= 0.6 is 11.3 Å². The molecule has 3 heterocycles. The molecule has 11 aromatic rings. The molecule has 0 saturated carbocycles. The average molecular weight is 734 g/mol. The Hall–Kier alpha value is -7.21. The van der Waals surface area contributed by atoms with Gasteiger partial charge in [-0.1, -0.05) is 158 Å². The monoisotopic (exact) mass is 733 g/mol. The van der Waals surface area contributed by atoms with Gasteiger partial charge in [0.1, 0.15) is 11.2 Å². The maximum Gasteiger partial charge on any atom is 0.164 e. The minimum absolute atomic E-state index is 0.620. The molecule has 4 nitrogen and oxygen atoms in total. The molecule has 0 saturated heterocycles. The number of rotatable bonds is 6. The Morgan fingerprint density at radius 1 is 0.339 bits per heavy atom. The van der Waals surface area contributed by atoms with Crippen LogP contribution in [-0.4, -0.2) is 15.0 Å². The lowest BCUT2D eigenvalue weighted by Gasteiger charge is -2.12. The van der Waals surface area contributed by atoms with E-state index in [0.29, 0.717) is 17.5 Å². The van der Waals surface area contributed by atoms with Crippen molar-refractivity contribution in [1.82, 2.24) is 15.0 Å². The Balaban J connectivity index is 1.12. The highest BCUT2D eigenvalue weighted by Gasteiger charge is 2.22. The Kier molecular flexibility index (Phi) is 7.64. The van der Waals surface area contributed by atoms with E-state index in [-0.39, 0.29) is 0 Å². The van der Waals surface area contributed by atoms with Crippen LogP contribution in [0.5, 0.6) is 0 Å². The van der Waals surface area contributed by atoms with E-state index in [9.17, 15) is 0 Å². The number of nitrogens with zero attached hydrogens (tertiary/aromatic N) is 3. The highest BCUT2D eigenvalue weighted by molar-refractivity contribution is 7.26. The first-order valence-electron chi connectivity index (χ1n) is 18.7. The molecular weight excluding hydrogens is 703 g/mol. The van der Waals surface area contributed by atoms with Gasteiger partial charge < -0.3 is 4.42 Å². The molecule has 5 heteroatoms. The van der Waals surface area contributed by atoms with Gasteiger partial charge >= 0.3 is 0 Å². The summed E-state index contributed by atoms with van der Waals surface area (Å²) < 4.78 is 9.39. The van der Waals surface area contributed by atoms with E-state index in [4.69, 9.17) is 19.4 Å². The van der Waals surface area contributed by atoms with E-state index in [2.05, 4.69) is 121 Å². The minimum atomic E-state index is 0.620. The SMILES string of the molecule is c1ccc(-c2nc(-c3ccccc3)nc(-c3cccc(-c4ccc(-c5cccc6sc7cccc(-c8ccccc8)c7c56)c5oc6ccccc6c45)c3)n2)cc1. The van der Waals surface area contributed by atoms with Crippen LogP contribution < -0.4 is 0 Å². The van der Waals surface area contributed by atoms with Crippen molar-refractivity contribution in [3.8, 4) is 67.5 Å². The molecule has 0 fully saturated rings. The van der Waals surface area contributed by atoms with Gasteiger partial charge in [-0.25, -0.2) is 15.0 Å². The maximum atomic E-state index is 6.87. The van der Waals surface area contributed by atoms with Gasteiger partial charge in [0.25, 0.3) is 0 Å². The van der Waals surface area contributed by atoms with Gasteiger partial charge in [0.2, 0.25) is 0 Å². The number of fused-ring (bicyclic) bond motifs is 6.